The standard InChI is InChI=1S/C7H8N8/c8-15(6-4-2-1-3-5-6)14-11-7-9-12-13-10-7/h1-5H,8H2,(H,9,10,12,13). The van der Waals surface area contributed by atoms with E-state index in [4.69, 9.17) is 5.84 Å². The van der Waals surface area contributed by atoms with Crippen molar-refractivity contribution in [2.45, 2.75) is 0 Å². The second-order valence-corrected chi connectivity index (χ2v) is 2.58. The van der Waals surface area contributed by atoms with Crippen LogP contribution in [0.15, 0.2) is 40.7 Å². The number of rotatable bonds is 3. The highest BCUT2D eigenvalue weighted by Crippen LogP contribution is 2.10. The van der Waals surface area contributed by atoms with Gasteiger partial charge < -0.3 is 0 Å². The van der Waals surface area contributed by atoms with Crippen LogP contribution >= 0.6 is 0 Å². The molecule has 3 N–H and O–H groups in total. The number of H-pyrrole nitrogens is 1. The topological polar surface area (TPSA) is 108 Å². The number of tetrazole rings is 1. The van der Waals surface area contributed by atoms with Gasteiger partial charge in [-0.05, 0) is 22.6 Å². The fourth-order valence-electron chi connectivity index (χ4n) is 0.919. The summed E-state index contributed by atoms with van der Waals surface area (Å²) < 4.78 is 0. The summed E-state index contributed by atoms with van der Waals surface area (Å²) in [6.07, 6.45) is 0. The van der Waals surface area contributed by atoms with E-state index in [0.29, 0.717) is 5.69 Å². The predicted molar refractivity (Wildman–Crippen MR) is 51.8 cm³/mol. The molecule has 0 saturated carbocycles. The van der Waals surface area contributed by atoms with E-state index in [1.807, 2.05) is 18.2 Å². The van der Waals surface area contributed by atoms with Crippen molar-refractivity contribution in [1.29, 1.82) is 0 Å². The fourth-order valence-corrected chi connectivity index (χ4v) is 0.919. The van der Waals surface area contributed by atoms with Gasteiger partial charge in [-0.1, -0.05) is 28.4 Å². The lowest BCUT2D eigenvalue weighted by atomic mass is 10.3. The molecule has 0 bridgehead atoms. The van der Waals surface area contributed by atoms with Gasteiger partial charge in [-0.3, -0.25) is 0 Å². The zero-order valence-corrected chi connectivity index (χ0v) is 7.65. The third-order valence-electron chi connectivity index (χ3n) is 1.59. The minimum atomic E-state index is 0.126. The number of aromatic amines is 1. The van der Waals surface area contributed by atoms with Crippen LogP contribution in [0.2, 0.25) is 0 Å². The minimum absolute atomic E-state index is 0.126. The normalized spacial score (nSPS) is 10.7. The van der Waals surface area contributed by atoms with Crippen LogP contribution in [0.5, 0.6) is 0 Å². The van der Waals surface area contributed by atoms with E-state index in [2.05, 4.69) is 31.0 Å². The quantitative estimate of drug-likeness (QED) is 0.431. The van der Waals surface area contributed by atoms with E-state index in [1.165, 1.54) is 0 Å². The van der Waals surface area contributed by atoms with E-state index in [-0.39, 0.29) is 5.95 Å². The lowest BCUT2D eigenvalue weighted by Crippen LogP contribution is -2.23. The van der Waals surface area contributed by atoms with Gasteiger partial charge in [0.25, 0.3) is 0 Å². The number of aromatic nitrogens is 4. The maximum absolute atomic E-state index is 5.60. The van der Waals surface area contributed by atoms with Gasteiger partial charge >= 0.3 is 5.95 Å². The molecule has 2 rings (SSSR count). The van der Waals surface area contributed by atoms with Gasteiger partial charge in [-0.25, -0.2) is 5.84 Å². The Hall–Kier alpha value is -2.35. The molecule has 0 atom stereocenters. The SMILES string of the molecule is NN(N=Nc1nn[nH]n1)c1ccccc1. The fraction of sp³-hybridized carbons (Fsp3) is 0. The van der Waals surface area contributed by atoms with Crippen LogP contribution in [-0.2, 0) is 0 Å². The van der Waals surface area contributed by atoms with E-state index in [9.17, 15) is 0 Å². The molecule has 0 aliphatic heterocycles. The zero-order chi connectivity index (χ0) is 10.5. The highest BCUT2D eigenvalue weighted by atomic mass is 15.7. The van der Waals surface area contributed by atoms with Crippen molar-refractivity contribution in [3.8, 4) is 0 Å². The highest BCUT2D eigenvalue weighted by Gasteiger charge is 1.98. The van der Waals surface area contributed by atoms with E-state index >= 15 is 0 Å². The predicted octanol–water partition coefficient (Wildman–Crippen LogP) is 0.579. The lowest BCUT2D eigenvalue weighted by molar-refractivity contribution is 0.842. The molecule has 8 heteroatoms. The Balaban J connectivity index is 2.07. The molecule has 0 unspecified atom stereocenters. The number of nitrogens with zero attached hydrogens (tertiary/aromatic N) is 6. The number of hydrogen-bond acceptors (Lipinski definition) is 6. The van der Waals surface area contributed by atoms with Crippen molar-refractivity contribution >= 4 is 11.6 Å². The van der Waals surface area contributed by atoms with E-state index < -0.39 is 0 Å². The molecule has 0 spiro atoms. The van der Waals surface area contributed by atoms with Crippen LogP contribution in [0, 0.1) is 0 Å². The molecule has 0 amide bonds. The molecule has 1 aromatic heterocycles. The average molecular weight is 204 g/mol. The summed E-state index contributed by atoms with van der Waals surface area (Å²) in [6, 6.07) is 9.18. The monoisotopic (exact) mass is 204 g/mol. The summed E-state index contributed by atoms with van der Waals surface area (Å²) in [7, 11) is 0. The summed E-state index contributed by atoms with van der Waals surface area (Å²) in [4.78, 5) is 0. The van der Waals surface area contributed by atoms with Crippen LogP contribution in [0.25, 0.3) is 0 Å². The number of para-hydroxylation sites is 1. The third kappa shape index (κ3) is 2.31. The number of nitrogens with one attached hydrogen (secondary N) is 1. The first-order valence-electron chi connectivity index (χ1n) is 4.11. The number of nitrogens with two attached hydrogens (primary N) is 1. The summed E-state index contributed by atoms with van der Waals surface area (Å²) in [5.74, 6) is 5.72. The van der Waals surface area contributed by atoms with Gasteiger partial charge in [-0.15, -0.1) is 5.10 Å². The Bertz CT molecular complexity index is 422. The summed E-state index contributed by atoms with van der Waals surface area (Å²) in [6.45, 7) is 0. The van der Waals surface area contributed by atoms with Crippen LogP contribution in [0.1, 0.15) is 0 Å². The van der Waals surface area contributed by atoms with Crippen molar-refractivity contribution in [1.82, 2.24) is 20.6 Å². The Kier molecular flexibility index (Phi) is 2.61. The first kappa shape index (κ1) is 9.21. The average Bonchev–Trinajstić information content (AvgIpc) is 2.80. The largest absolute Gasteiger partial charge is 0.309 e. The Labute approximate surface area is 84.7 Å². The van der Waals surface area contributed by atoms with Gasteiger partial charge in [0.05, 0.1) is 5.69 Å². The van der Waals surface area contributed by atoms with Crippen molar-refractivity contribution in [3.05, 3.63) is 30.3 Å². The molecular weight excluding hydrogens is 196 g/mol. The Morgan fingerprint density at radius 3 is 2.73 bits per heavy atom. The van der Waals surface area contributed by atoms with Gasteiger partial charge in [0.15, 0.2) is 0 Å². The molecule has 0 aliphatic rings. The van der Waals surface area contributed by atoms with Crippen molar-refractivity contribution < 1.29 is 0 Å². The van der Waals surface area contributed by atoms with Crippen LogP contribution < -0.4 is 11.0 Å². The van der Waals surface area contributed by atoms with E-state index in [1.54, 1.807) is 12.1 Å². The highest BCUT2D eigenvalue weighted by molar-refractivity contribution is 5.42. The third-order valence-corrected chi connectivity index (χ3v) is 1.59. The number of hydrogen-bond donors (Lipinski definition) is 2. The number of anilines is 1. The maximum atomic E-state index is 5.60. The smallest absolute Gasteiger partial charge is 0.225 e. The van der Waals surface area contributed by atoms with Gasteiger partial charge in [0.2, 0.25) is 0 Å². The molecule has 0 aliphatic carbocycles. The summed E-state index contributed by atoms with van der Waals surface area (Å²) in [5, 5.41) is 21.2. The van der Waals surface area contributed by atoms with E-state index in [0.717, 1.165) is 5.12 Å². The Morgan fingerprint density at radius 2 is 2.07 bits per heavy atom. The van der Waals surface area contributed by atoms with Crippen LogP contribution in [0.4, 0.5) is 11.6 Å². The zero-order valence-electron chi connectivity index (χ0n) is 7.65. The second-order valence-electron chi connectivity index (χ2n) is 2.58. The van der Waals surface area contributed by atoms with Gasteiger partial charge in [-0.2, -0.15) is 10.3 Å². The summed E-state index contributed by atoms with van der Waals surface area (Å²) in [5.41, 5.74) is 0.713. The second kappa shape index (κ2) is 4.24. The van der Waals surface area contributed by atoms with Crippen LogP contribution in [-0.4, -0.2) is 20.6 Å². The molecule has 1 heterocycles. The lowest BCUT2D eigenvalue weighted by Gasteiger charge is -2.08. The molecule has 15 heavy (non-hydrogen) atoms. The van der Waals surface area contributed by atoms with Crippen molar-refractivity contribution in [3.63, 3.8) is 0 Å². The summed E-state index contributed by atoms with van der Waals surface area (Å²) >= 11 is 0. The number of hydrazine groups is 1. The molecule has 76 valence electrons. The first-order valence-corrected chi connectivity index (χ1v) is 4.11. The molecular formula is C7H8N8. The van der Waals surface area contributed by atoms with Gasteiger partial charge in [0.1, 0.15) is 0 Å². The molecule has 2 aromatic rings. The minimum Gasteiger partial charge on any atom is -0.225 e. The van der Waals surface area contributed by atoms with Gasteiger partial charge in [0, 0.05) is 0 Å². The molecule has 8 nitrogen and oxygen atoms in total. The molecule has 0 radical (unpaired) electrons. The molecule has 0 saturated heterocycles. The Morgan fingerprint density at radius 1 is 1.27 bits per heavy atom. The van der Waals surface area contributed by atoms with Crippen molar-refractivity contribution in [2.75, 3.05) is 5.12 Å². The number of benzene rings is 1. The van der Waals surface area contributed by atoms with Crippen molar-refractivity contribution in [2.24, 2.45) is 16.2 Å². The molecule has 0 fully saturated rings. The molecule has 1 aromatic carbocycles. The maximum Gasteiger partial charge on any atom is 0.309 e. The van der Waals surface area contributed by atoms with Crippen LogP contribution in [0.3, 0.4) is 0 Å². The first-order chi connectivity index (χ1) is 7.36.